The van der Waals surface area contributed by atoms with Gasteiger partial charge in [0, 0.05) is 13.6 Å². The average Bonchev–Trinajstić information content (AvgIpc) is 2.84. The molecule has 1 aromatic carbocycles. The molecule has 0 saturated carbocycles. The first-order valence-electron chi connectivity index (χ1n) is 7.26. The predicted octanol–water partition coefficient (Wildman–Crippen LogP) is 0.203. The van der Waals surface area contributed by atoms with Gasteiger partial charge in [0.15, 0.2) is 0 Å². The Labute approximate surface area is 127 Å². The van der Waals surface area contributed by atoms with Gasteiger partial charge in [0.2, 0.25) is 5.91 Å². The van der Waals surface area contributed by atoms with E-state index < -0.39 is 0 Å². The molecule has 2 aromatic rings. The highest BCUT2D eigenvalue weighted by Crippen LogP contribution is 2.09. The maximum Gasteiger partial charge on any atom is 0.326 e. The molecule has 0 spiro atoms. The van der Waals surface area contributed by atoms with Gasteiger partial charge in [0.25, 0.3) is 0 Å². The van der Waals surface area contributed by atoms with Gasteiger partial charge in [0.1, 0.15) is 6.54 Å². The number of amides is 1. The van der Waals surface area contributed by atoms with E-state index in [1.54, 1.807) is 11.9 Å². The van der Waals surface area contributed by atoms with Crippen LogP contribution in [0.1, 0.15) is 0 Å². The van der Waals surface area contributed by atoms with E-state index in [2.05, 4.69) is 4.98 Å². The second-order valence-corrected chi connectivity index (χ2v) is 5.38. The minimum atomic E-state index is -0.278. The van der Waals surface area contributed by atoms with Crippen molar-refractivity contribution in [2.75, 3.05) is 33.4 Å². The normalized spacial score (nSPS) is 18.5. The summed E-state index contributed by atoms with van der Waals surface area (Å²) in [4.78, 5) is 28.6. The summed E-state index contributed by atoms with van der Waals surface area (Å²) in [7, 11) is 1.71. The molecular formula is C15H19N3O4. The molecule has 1 atom stereocenters. The lowest BCUT2D eigenvalue weighted by Gasteiger charge is -2.27. The van der Waals surface area contributed by atoms with Gasteiger partial charge in [-0.25, -0.2) is 4.79 Å². The van der Waals surface area contributed by atoms with E-state index in [0.29, 0.717) is 26.4 Å². The maximum absolute atomic E-state index is 12.3. The van der Waals surface area contributed by atoms with Crippen LogP contribution < -0.4 is 5.69 Å². The molecule has 0 aliphatic carbocycles. The molecule has 22 heavy (non-hydrogen) atoms. The fraction of sp³-hybridized carbons (Fsp3) is 0.467. The van der Waals surface area contributed by atoms with Crippen molar-refractivity contribution >= 4 is 16.9 Å². The molecule has 1 N–H and O–H groups in total. The Hall–Kier alpha value is -2.12. The molecule has 1 fully saturated rings. The largest absolute Gasteiger partial charge is 0.376 e. The number of aromatic nitrogens is 2. The van der Waals surface area contributed by atoms with Crippen molar-refractivity contribution in [1.29, 1.82) is 0 Å². The Kier molecular flexibility index (Phi) is 4.26. The number of aromatic amines is 1. The topological polar surface area (TPSA) is 76.6 Å². The second-order valence-electron chi connectivity index (χ2n) is 5.38. The highest BCUT2D eigenvalue weighted by Gasteiger charge is 2.20. The molecule has 3 rings (SSSR count). The van der Waals surface area contributed by atoms with Gasteiger partial charge in [-0.3, -0.25) is 9.36 Å². The summed E-state index contributed by atoms with van der Waals surface area (Å²) < 4.78 is 12.3. The monoisotopic (exact) mass is 305 g/mol. The Bertz CT molecular complexity index is 715. The van der Waals surface area contributed by atoms with Crippen LogP contribution in [0.15, 0.2) is 29.1 Å². The summed E-state index contributed by atoms with van der Waals surface area (Å²) in [6.45, 7) is 2.10. The number of H-pyrrole nitrogens is 1. The third kappa shape index (κ3) is 3.05. The van der Waals surface area contributed by atoms with Crippen LogP contribution in [-0.2, 0) is 20.8 Å². The minimum Gasteiger partial charge on any atom is -0.376 e. The number of rotatable bonds is 4. The summed E-state index contributed by atoms with van der Waals surface area (Å²) in [5.41, 5.74) is 1.18. The molecule has 118 valence electrons. The zero-order valence-corrected chi connectivity index (χ0v) is 12.4. The minimum absolute atomic E-state index is 0.00687. The Balaban J connectivity index is 1.69. The van der Waals surface area contributed by atoms with Crippen LogP contribution in [-0.4, -0.2) is 59.9 Å². The first-order chi connectivity index (χ1) is 10.6. The Morgan fingerprint density at radius 1 is 1.41 bits per heavy atom. The maximum atomic E-state index is 12.3. The van der Waals surface area contributed by atoms with Crippen LogP contribution in [0, 0.1) is 0 Å². The highest BCUT2D eigenvalue weighted by molar-refractivity contribution is 5.80. The van der Waals surface area contributed by atoms with E-state index in [9.17, 15) is 9.59 Å². The van der Waals surface area contributed by atoms with E-state index in [0.717, 1.165) is 11.0 Å². The first kappa shape index (κ1) is 14.8. The smallest absolute Gasteiger partial charge is 0.326 e. The molecule has 0 radical (unpaired) electrons. The third-order valence-corrected chi connectivity index (χ3v) is 3.76. The predicted molar refractivity (Wildman–Crippen MR) is 80.8 cm³/mol. The number of imidazole rings is 1. The summed E-state index contributed by atoms with van der Waals surface area (Å²) in [5, 5.41) is 0. The lowest BCUT2D eigenvalue weighted by Crippen LogP contribution is -2.42. The summed E-state index contributed by atoms with van der Waals surface area (Å²) in [6.07, 6.45) is -0.109. The average molecular weight is 305 g/mol. The van der Waals surface area contributed by atoms with Crippen molar-refractivity contribution in [3.8, 4) is 0 Å². The fourth-order valence-electron chi connectivity index (χ4n) is 2.57. The number of carbonyl (C=O) groups is 1. The van der Waals surface area contributed by atoms with Crippen molar-refractivity contribution in [1.82, 2.24) is 14.5 Å². The quantitative estimate of drug-likeness (QED) is 0.875. The molecule has 2 heterocycles. The number of ether oxygens (including phenoxy) is 2. The zero-order valence-electron chi connectivity index (χ0n) is 12.4. The number of carbonyl (C=O) groups excluding carboxylic acids is 1. The standard InChI is InChI=1S/C15H19N3O4/c1-17(8-11-10-21-6-7-22-11)14(19)9-18-13-5-3-2-4-12(13)16-15(18)20/h2-5,11H,6-10H2,1H3,(H,16,20)/t11-/m1/s1. The first-order valence-corrected chi connectivity index (χ1v) is 7.26. The van der Waals surface area contributed by atoms with E-state index in [-0.39, 0.29) is 24.2 Å². The Morgan fingerprint density at radius 2 is 2.23 bits per heavy atom. The van der Waals surface area contributed by atoms with Crippen LogP contribution in [0.25, 0.3) is 11.0 Å². The summed E-state index contributed by atoms with van der Waals surface area (Å²) in [5.74, 6) is -0.138. The molecule has 1 aromatic heterocycles. The van der Waals surface area contributed by atoms with E-state index in [1.165, 1.54) is 4.57 Å². The number of nitrogens with one attached hydrogen (secondary N) is 1. The second kappa shape index (κ2) is 6.33. The van der Waals surface area contributed by atoms with Crippen molar-refractivity contribution in [2.45, 2.75) is 12.6 Å². The number of hydrogen-bond acceptors (Lipinski definition) is 4. The van der Waals surface area contributed by atoms with Gasteiger partial charge in [-0.05, 0) is 12.1 Å². The van der Waals surface area contributed by atoms with Gasteiger partial charge in [-0.1, -0.05) is 12.1 Å². The van der Waals surface area contributed by atoms with Crippen LogP contribution in [0.2, 0.25) is 0 Å². The molecule has 0 unspecified atom stereocenters. The number of fused-ring (bicyclic) bond motifs is 1. The van der Waals surface area contributed by atoms with Crippen molar-refractivity contribution in [3.05, 3.63) is 34.7 Å². The molecule has 1 saturated heterocycles. The number of para-hydroxylation sites is 2. The molecule has 1 aliphatic heterocycles. The zero-order chi connectivity index (χ0) is 15.5. The van der Waals surface area contributed by atoms with E-state index >= 15 is 0 Å². The molecule has 0 bridgehead atoms. The number of hydrogen-bond donors (Lipinski definition) is 1. The molecule has 1 amide bonds. The summed E-state index contributed by atoms with van der Waals surface area (Å²) >= 11 is 0. The van der Waals surface area contributed by atoms with Gasteiger partial charge in [0.05, 0.1) is 37.0 Å². The van der Waals surface area contributed by atoms with Gasteiger partial charge >= 0.3 is 5.69 Å². The van der Waals surface area contributed by atoms with Crippen LogP contribution in [0.3, 0.4) is 0 Å². The highest BCUT2D eigenvalue weighted by atomic mass is 16.6. The van der Waals surface area contributed by atoms with E-state index in [4.69, 9.17) is 9.47 Å². The van der Waals surface area contributed by atoms with Crippen molar-refractivity contribution in [2.24, 2.45) is 0 Å². The van der Waals surface area contributed by atoms with Crippen LogP contribution >= 0.6 is 0 Å². The molecule has 7 heteroatoms. The van der Waals surface area contributed by atoms with Gasteiger partial charge in [-0.2, -0.15) is 0 Å². The number of nitrogens with zero attached hydrogens (tertiary/aromatic N) is 2. The SMILES string of the molecule is CN(C[C@@H]1COCCO1)C(=O)Cn1c(=O)[nH]c2ccccc21. The van der Waals surface area contributed by atoms with Crippen LogP contribution in [0.4, 0.5) is 0 Å². The molecular weight excluding hydrogens is 286 g/mol. The third-order valence-electron chi connectivity index (χ3n) is 3.76. The van der Waals surface area contributed by atoms with Gasteiger partial charge < -0.3 is 19.4 Å². The van der Waals surface area contributed by atoms with Crippen molar-refractivity contribution in [3.63, 3.8) is 0 Å². The van der Waals surface area contributed by atoms with Gasteiger partial charge in [-0.15, -0.1) is 0 Å². The molecule has 1 aliphatic rings. The van der Waals surface area contributed by atoms with Crippen LogP contribution in [0.5, 0.6) is 0 Å². The van der Waals surface area contributed by atoms with E-state index in [1.807, 2.05) is 24.3 Å². The number of benzene rings is 1. The number of likely N-dealkylation sites (N-methyl/N-ethyl adjacent to an activating group) is 1. The fourth-order valence-corrected chi connectivity index (χ4v) is 2.57. The Morgan fingerprint density at radius 3 is 3.00 bits per heavy atom. The summed E-state index contributed by atoms with van der Waals surface area (Å²) in [6, 6.07) is 7.32. The lowest BCUT2D eigenvalue weighted by atomic mass is 10.3. The lowest BCUT2D eigenvalue weighted by molar-refractivity contribution is -0.136. The van der Waals surface area contributed by atoms with Crippen molar-refractivity contribution < 1.29 is 14.3 Å². The molecule has 7 nitrogen and oxygen atoms in total.